The Morgan fingerprint density at radius 3 is 2.96 bits per heavy atom. The minimum atomic E-state index is -0.116. The summed E-state index contributed by atoms with van der Waals surface area (Å²) in [5.74, 6) is -0.0419. The molecule has 1 aromatic heterocycles. The molecule has 1 aliphatic heterocycles. The Balaban J connectivity index is 1.57. The zero-order chi connectivity index (χ0) is 16.9. The Morgan fingerprint density at radius 2 is 2.17 bits per heavy atom. The van der Waals surface area contributed by atoms with E-state index in [1.807, 2.05) is 24.3 Å². The van der Waals surface area contributed by atoms with E-state index >= 15 is 0 Å². The number of fused-ring (bicyclic) bond motifs is 1. The van der Waals surface area contributed by atoms with Crippen molar-refractivity contribution in [3.63, 3.8) is 0 Å². The van der Waals surface area contributed by atoms with Crippen molar-refractivity contribution in [1.29, 1.82) is 0 Å². The number of hydrogen-bond acceptors (Lipinski definition) is 3. The first kappa shape index (κ1) is 16.7. The van der Waals surface area contributed by atoms with Gasteiger partial charge in [0, 0.05) is 31.8 Å². The van der Waals surface area contributed by atoms with E-state index in [2.05, 4.69) is 0 Å². The fourth-order valence-electron chi connectivity index (χ4n) is 3.17. The van der Waals surface area contributed by atoms with E-state index in [1.54, 1.807) is 24.2 Å². The average Bonchev–Trinajstić information content (AvgIpc) is 3.11. The molecule has 128 valence electrons. The van der Waals surface area contributed by atoms with Crippen LogP contribution in [0.15, 0.2) is 41.3 Å². The fraction of sp³-hybridized carbons (Fsp3) is 0.474. The molecular weight excluding hydrogens is 304 g/mol. The first-order chi connectivity index (χ1) is 11.6. The standard InChI is InChI=1S/C19H24N2O3/c1-20(11-4-7-16-8-5-13-24-16)18(22)14-21-12-10-15-6-2-3-9-17(15)19(21)23/h2-3,6,9-10,12,16H,4-5,7-8,11,13-14H2,1H3. The van der Waals surface area contributed by atoms with Crippen LogP contribution in [0.4, 0.5) is 0 Å². The Hall–Kier alpha value is -2.14. The molecule has 5 nitrogen and oxygen atoms in total. The predicted molar refractivity (Wildman–Crippen MR) is 94.1 cm³/mol. The molecule has 0 saturated carbocycles. The second kappa shape index (κ2) is 7.62. The summed E-state index contributed by atoms with van der Waals surface area (Å²) >= 11 is 0. The minimum absolute atomic E-state index is 0.0419. The van der Waals surface area contributed by atoms with Crippen LogP contribution in [-0.4, -0.2) is 41.7 Å². The Kier molecular flexibility index (Phi) is 5.30. The van der Waals surface area contributed by atoms with Gasteiger partial charge in [-0.25, -0.2) is 0 Å². The lowest BCUT2D eigenvalue weighted by molar-refractivity contribution is -0.130. The van der Waals surface area contributed by atoms with E-state index < -0.39 is 0 Å². The number of benzene rings is 1. The number of aromatic nitrogens is 1. The summed E-state index contributed by atoms with van der Waals surface area (Å²) in [5.41, 5.74) is -0.116. The van der Waals surface area contributed by atoms with E-state index in [-0.39, 0.29) is 18.0 Å². The van der Waals surface area contributed by atoms with Crippen molar-refractivity contribution in [3.8, 4) is 0 Å². The van der Waals surface area contributed by atoms with Crippen molar-refractivity contribution in [3.05, 3.63) is 46.9 Å². The van der Waals surface area contributed by atoms with Gasteiger partial charge in [0.25, 0.3) is 5.56 Å². The summed E-state index contributed by atoms with van der Waals surface area (Å²) in [6.07, 6.45) is 6.25. The zero-order valence-electron chi connectivity index (χ0n) is 14.1. The van der Waals surface area contributed by atoms with Crippen molar-refractivity contribution in [2.24, 2.45) is 0 Å². The largest absolute Gasteiger partial charge is 0.378 e. The second-order valence-corrected chi connectivity index (χ2v) is 6.43. The number of nitrogens with zero attached hydrogens (tertiary/aromatic N) is 2. The molecule has 1 unspecified atom stereocenters. The van der Waals surface area contributed by atoms with Crippen molar-refractivity contribution in [1.82, 2.24) is 9.47 Å². The van der Waals surface area contributed by atoms with E-state index in [0.717, 1.165) is 37.7 Å². The summed E-state index contributed by atoms with van der Waals surface area (Å²) < 4.78 is 7.09. The van der Waals surface area contributed by atoms with Crippen LogP contribution in [0.2, 0.25) is 0 Å². The van der Waals surface area contributed by atoms with Crippen LogP contribution in [0.1, 0.15) is 25.7 Å². The van der Waals surface area contributed by atoms with Crippen LogP contribution in [0.25, 0.3) is 10.8 Å². The third kappa shape index (κ3) is 3.85. The maximum Gasteiger partial charge on any atom is 0.258 e. The second-order valence-electron chi connectivity index (χ2n) is 6.43. The molecular formula is C19H24N2O3. The van der Waals surface area contributed by atoms with Gasteiger partial charge in [0.2, 0.25) is 5.91 Å². The summed E-state index contributed by atoms with van der Waals surface area (Å²) in [6, 6.07) is 9.32. The third-order valence-corrected chi connectivity index (χ3v) is 4.66. The zero-order valence-corrected chi connectivity index (χ0v) is 14.1. The molecule has 3 rings (SSSR count). The fourth-order valence-corrected chi connectivity index (χ4v) is 3.17. The highest BCUT2D eigenvalue weighted by atomic mass is 16.5. The number of carbonyl (C=O) groups is 1. The maximum absolute atomic E-state index is 12.5. The Labute approximate surface area is 141 Å². The van der Waals surface area contributed by atoms with Gasteiger partial charge in [-0.05, 0) is 43.2 Å². The molecule has 0 radical (unpaired) electrons. The molecule has 0 bridgehead atoms. The predicted octanol–water partition coefficient (Wildman–Crippen LogP) is 2.42. The molecule has 1 atom stereocenters. The molecule has 24 heavy (non-hydrogen) atoms. The van der Waals surface area contributed by atoms with Gasteiger partial charge in [0.05, 0.1) is 6.10 Å². The number of amides is 1. The molecule has 0 N–H and O–H groups in total. The first-order valence-corrected chi connectivity index (χ1v) is 8.59. The number of hydrogen-bond donors (Lipinski definition) is 0. The molecule has 1 saturated heterocycles. The Bertz CT molecular complexity index is 763. The normalized spacial score (nSPS) is 17.3. The number of pyridine rings is 1. The smallest absolute Gasteiger partial charge is 0.258 e. The van der Waals surface area contributed by atoms with E-state index in [4.69, 9.17) is 4.74 Å². The number of rotatable bonds is 6. The van der Waals surface area contributed by atoms with Crippen LogP contribution in [0.3, 0.4) is 0 Å². The van der Waals surface area contributed by atoms with Gasteiger partial charge in [-0.2, -0.15) is 0 Å². The van der Waals surface area contributed by atoms with Crippen molar-refractivity contribution in [2.45, 2.75) is 38.3 Å². The topological polar surface area (TPSA) is 51.5 Å². The summed E-state index contributed by atoms with van der Waals surface area (Å²) in [5, 5.41) is 1.55. The quantitative estimate of drug-likeness (QED) is 0.818. The molecule has 0 spiro atoms. The van der Waals surface area contributed by atoms with Crippen LogP contribution >= 0.6 is 0 Å². The minimum Gasteiger partial charge on any atom is -0.378 e. The highest BCUT2D eigenvalue weighted by molar-refractivity contribution is 5.82. The van der Waals surface area contributed by atoms with Crippen LogP contribution < -0.4 is 5.56 Å². The van der Waals surface area contributed by atoms with Crippen molar-refractivity contribution < 1.29 is 9.53 Å². The van der Waals surface area contributed by atoms with Gasteiger partial charge in [0.1, 0.15) is 6.54 Å². The van der Waals surface area contributed by atoms with Crippen molar-refractivity contribution in [2.75, 3.05) is 20.2 Å². The van der Waals surface area contributed by atoms with Gasteiger partial charge in [-0.3, -0.25) is 9.59 Å². The summed E-state index contributed by atoms with van der Waals surface area (Å²) in [4.78, 5) is 26.5. The van der Waals surface area contributed by atoms with Crippen LogP contribution in [0, 0.1) is 0 Å². The average molecular weight is 328 g/mol. The highest BCUT2D eigenvalue weighted by Crippen LogP contribution is 2.16. The molecule has 2 heterocycles. The van der Waals surface area contributed by atoms with E-state index in [1.165, 1.54) is 4.57 Å². The van der Waals surface area contributed by atoms with Gasteiger partial charge < -0.3 is 14.2 Å². The Morgan fingerprint density at radius 1 is 1.33 bits per heavy atom. The number of carbonyl (C=O) groups excluding carboxylic acids is 1. The molecule has 1 fully saturated rings. The van der Waals surface area contributed by atoms with Gasteiger partial charge in [0.15, 0.2) is 0 Å². The van der Waals surface area contributed by atoms with Crippen LogP contribution in [0.5, 0.6) is 0 Å². The van der Waals surface area contributed by atoms with E-state index in [0.29, 0.717) is 18.0 Å². The molecule has 5 heteroatoms. The molecule has 0 aliphatic carbocycles. The first-order valence-electron chi connectivity index (χ1n) is 8.59. The monoisotopic (exact) mass is 328 g/mol. The number of likely N-dealkylation sites (N-methyl/N-ethyl adjacent to an activating group) is 1. The summed E-state index contributed by atoms with van der Waals surface area (Å²) in [6.45, 7) is 1.64. The van der Waals surface area contributed by atoms with Gasteiger partial charge in [-0.1, -0.05) is 18.2 Å². The number of ether oxygens (including phenoxy) is 1. The lowest BCUT2D eigenvalue weighted by Crippen LogP contribution is -2.34. The summed E-state index contributed by atoms with van der Waals surface area (Å²) in [7, 11) is 1.80. The molecule has 1 amide bonds. The van der Waals surface area contributed by atoms with E-state index in [9.17, 15) is 9.59 Å². The highest BCUT2D eigenvalue weighted by Gasteiger charge is 2.16. The molecule has 1 aliphatic rings. The van der Waals surface area contributed by atoms with Crippen LogP contribution in [-0.2, 0) is 16.1 Å². The lowest BCUT2D eigenvalue weighted by Gasteiger charge is -2.19. The lowest BCUT2D eigenvalue weighted by atomic mass is 10.1. The molecule has 2 aromatic rings. The van der Waals surface area contributed by atoms with Gasteiger partial charge >= 0.3 is 0 Å². The van der Waals surface area contributed by atoms with Crippen molar-refractivity contribution >= 4 is 16.7 Å². The SMILES string of the molecule is CN(CCCC1CCCO1)C(=O)Cn1ccc2ccccc2c1=O. The molecule has 1 aromatic carbocycles. The van der Waals surface area contributed by atoms with Gasteiger partial charge in [-0.15, -0.1) is 0 Å². The third-order valence-electron chi connectivity index (χ3n) is 4.66. The maximum atomic E-state index is 12.5.